The average molecular weight is 444 g/mol. The van der Waals surface area contributed by atoms with Crippen LogP contribution in [0, 0.1) is 0 Å². The molecule has 1 aromatic carbocycles. The lowest BCUT2D eigenvalue weighted by Crippen LogP contribution is -2.54. The summed E-state index contributed by atoms with van der Waals surface area (Å²) in [5.41, 5.74) is 2.94. The second kappa shape index (κ2) is 9.87. The van der Waals surface area contributed by atoms with Crippen LogP contribution in [0.4, 0.5) is 4.79 Å². The highest BCUT2D eigenvalue weighted by Gasteiger charge is 2.52. The number of hydrogen-bond acceptors (Lipinski definition) is 6. The maximum absolute atomic E-state index is 12.8. The number of ether oxygens (including phenoxy) is 1. The van der Waals surface area contributed by atoms with Crippen LogP contribution in [0.5, 0.6) is 5.75 Å². The largest absolute Gasteiger partial charge is 0.494 e. The molecular weight excluding hydrogens is 410 g/mol. The lowest BCUT2D eigenvalue weighted by atomic mass is 9.82. The van der Waals surface area contributed by atoms with Crippen LogP contribution in [0.3, 0.4) is 0 Å². The summed E-state index contributed by atoms with van der Waals surface area (Å²) in [6.07, 6.45) is 4.17. The monoisotopic (exact) mass is 443 g/mol. The van der Waals surface area contributed by atoms with Crippen molar-refractivity contribution in [1.29, 1.82) is 0 Å². The molecule has 4 amide bonds. The molecule has 0 bridgehead atoms. The van der Waals surface area contributed by atoms with Crippen LogP contribution in [0.2, 0.25) is 0 Å². The van der Waals surface area contributed by atoms with Gasteiger partial charge in [0.15, 0.2) is 0 Å². The molecule has 2 saturated heterocycles. The van der Waals surface area contributed by atoms with Crippen molar-refractivity contribution >= 4 is 17.8 Å². The van der Waals surface area contributed by atoms with Crippen LogP contribution in [-0.2, 0) is 16.1 Å². The van der Waals surface area contributed by atoms with E-state index in [-0.39, 0.29) is 18.4 Å². The number of benzene rings is 1. The predicted octanol–water partition coefficient (Wildman–Crippen LogP) is 1.49. The van der Waals surface area contributed by atoms with E-state index in [1.165, 1.54) is 5.56 Å². The van der Waals surface area contributed by atoms with Crippen molar-refractivity contribution < 1.29 is 19.1 Å². The number of nitrogens with zero attached hydrogens (tertiary/aromatic N) is 3. The number of amides is 4. The van der Waals surface area contributed by atoms with Crippen molar-refractivity contribution in [2.75, 3.05) is 39.3 Å². The van der Waals surface area contributed by atoms with Gasteiger partial charge in [-0.25, -0.2) is 4.79 Å². The van der Waals surface area contributed by atoms with Crippen molar-refractivity contribution in [3.05, 3.63) is 29.8 Å². The molecule has 1 spiro atoms. The zero-order valence-electron chi connectivity index (χ0n) is 18.8. The minimum absolute atomic E-state index is 0.168. The molecule has 3 aliphatic rings. The fraction of sp³-hybridized carbons (Fsp3) is 0.609. The zero-order valence-corrected chi connectivity index (χ0v) is 18.8. The van der Waals surface area contributed by atoms with Crippen LogP contribution in [0.1, 0.15) is 44.6 Å². The van der Waals surface area contributed by atoms with E-state index >= 15 is 0 Å². The third kappa shape index (κ3) is 5.05. The molecule has 1 aliphatic carbocycles. The van der Waals surface area contributed by atoms with Crippen molar-refractivity contribution in [2.45, 2.75) is 51.1 Å². The summed E-state index contributed by atoms with van der Waals surface area (Å²) >= 11 is 0. The second-order valence-corrected chi connectivity index (χ2v) is 8.88. The van der Waals surface area contributed by atoms with Gasteiger partial charge in [0, 0.05) is 32.7 Å². The summed E-state index contributed by atoms with van der Waals surface area (Å²) in [6, 6.07) is 7.63. The quantitative estimate of drug-likeness (QED) is 0.620. The zero-order chi connectivity index (χ0) is 22.6. The van der Waals surface area contributed by atoms with Crippen LogP contribution in [0.25, 0.3) is 0 Å². The molecule has 2 N–H and O–H groups in total. The minimum Gasteiger partial charge on any atom is -0.494 e. The molecular formula is C23H33N5O4. The topological polar surface area (TPSA) is 94.2 Å². The van der Waals surface area contributed by atoms with Gasteiger partial charge in [0.1, 0.15) is 11.3 Å². The van der Waals surface area contributed by atoms with Gasteiger partial charge in [-0.05, 0) is 37.5 Å². The Hall–Kier alpha value is -2.65. The first-order valence-corrected chi connectivity index (χ1v) is 11.6. The fourth-order valence-corrected chi connectivity index (χ4v) is 4.80. The van der Waals surface area contributed by atoms with E-state index in [0.29, 0.717) is 19.4 Å². The molecule has 0 unspecified atom stereocenters. The Labute approximate surface area is 189 Å². The molecule has 9 heteroatoms. The lowest BCUT2D eigenvalue weighted by Gasteiger charge is -2.34. The lowest BCUT2D eigenvalue weighted by molar-refractivity contribution is -0.140. The van der Waals surface area contributed by atoms with Crippen LogP contribution in [-0.4, -0.2) is 77.5 Å². The maximum atomic E-state index is 12.8. The molecule has 9 nitrogen and oxygen atoms in total. The van der Waals surface area contributed by atoms with Crippen molar-refractivity contribution in [3.63, 3.8) is 0 Å². The highest BCUT2D eigenvalue weighted by Crippen LogP contribution is 2.33. The van der Waals surface area contributed by atoms with E-state index in [0.717, 1.165) is 62.7 Å². The van der Waals surface area contributed by atoms with Gasteiger partial charge in [-0.15, -0.1) is 0 Å². The molecule has 32 heavy (non-hydrogen) atoms. The Morgan fingerprint density at radius 2 is 1.69 bits per heavy atom. The summed E-state index contributed by atoms with van der Waals surface area (Å²) < 4.78 is 5.49. The molecule has 0 radical (unpaired) electrons. The van der Waals surface area contributed by atoms with Gasteiger partial charge in [0.2, 0.25) is 0 Å². The van der Waals surface area contributed by atoms with E-state index in [2.05, 4.69) is 32.7 Å². The Kier molecular flexibility index (Phi) is 6.95. The molecule has 1 saturated carbocycles. The molecule has 2 aliphatic heterocycles. The second-order valence-electron chi connectivity index (χ2n) is 8.88. The highest BCUT2D eigenvalue weighted by molar-refractivity contribution is 6.08. The first kappa shape index (κ1) is 22.5. The SMILES string of the molecule is CCOc1ccc(CN2CCN(CC(=O)NN3C(=O)NC4(CCCCC4)C3=O)CC2)cc1. The Bertz CT molecular complexity index is 829. The number of imide groups is 1. The number of hydrazine groups is 1. The summed E-state index contributed by atoms with van der Waals surface area (Å²) in [5, 5.41) is 3.70. The van der Waals surface area contributed by atoms with Gasteiger partial charge in [0.05, 0.1) is 13.2 Å². The number of rotatable bonds is 7. The minimum atomic E-state index is -0.824. The Morgan fingerprint density at radius 1 is 1.03 bits per heavy atom. The van der Waals surface area contributed by atoms with E-state index in [1.54, 1.807) is 0 Å². The summed E-state index contributed by atoms with van der Waals surface area (Å²) in [5.74, 6) is 0.226. The van der Waals surface area contributed by atoms with Crippen molar-refractivity contribution in [3.8, 4) is 5.75 Å². The van der Waals surface area contributed by atoms with Crippen LogP contribution < -0.4 is 15.5 Å². The third-order valence-corrected chi connectivity index (χ3v) is 6.58. The van der Waals surface area contributed by atoms with Gasteiger partial charge in [-0.3, -0.25) is 24.8 Å². The van der Waals surface area contributed by atoms with Crippen LogP contribution in [0.15, 0.2) is 24.3 Å². The van der Waals surface area contributed by atoms with Gasteiger partial charge in [0.25, 0.3) is 11.8 Å². The van der Waals surface area contributed by atoms with Gasteiger partial charge in [-0.1, -0.05) is 31.4 Å². The highest BCUT2D eigenvalue weighted by atomic mass is 16.5. The average Bonchev–Trinajstić information content (AvgIpc) is 3.01. The maximum Gasteiger partial charge on any atom is 0.344 e. The van der Waals surface area contributed by atoms with E-state index < -0.39 is 11.6 Å². The number of piperazine rings is 1. The smallest absolute Gasteiger partial charge is 0.344 e. The standard InChI is InChI=1S/C23H33N5O4/c1-2-32-19-8-6-18(7-9-19)16-26-12-14-27(15-13-26)17-20(29)25-28-21(30)23(24-22(28)31)10-4-3-5-11-23/h6-9H,2-5,10-17H2,1H3,(H,24,31)(H,25,29). The van der Waals surface area contributed by atoms with Gasteiger partial charge in [-0.2, -0.15) is 5.01 Å². The van der Waals surface area contributed by atoms with Gasteiger partial charge >= 0.3 is 6.03 Å². The number of nitrogens with one attached hydrogen (secondary N) is 2. The molecule has 1 aromatic rings. The molecule has 4 rings (SSSR count). The van der Waals surface area contributed by atoms with Crippen molar-refractivity contribution in [2.24, 2.45) is 0 Å². The number of carbonyl (C=O) groups is 3. The summed E-state index contributed by atoms with van der Waals surface area (Å²) in [4.78, 5) is 42.1. The number of urea groups is 1. The molecule has 2 heterocycles. The molecule has 0 atom stereocenters. The Balaban J connectivity index is 1.21. The predicted molar refractivity (Wildman–Crippen MR) is 119 cm³/mol. The number of hydrogen-bond donors (Lipinski definition) is 2. The van der Waals surface area contributed by atoms with E-state index in [4.69, 9.17) is 4.74 Å². The first-order chi connectivity index (χ1) is 15.5. The molecule has 174 valence electrons. The van der Waals surface area contributed by atoms with Crippen molar-refractivity contribution in [1.82, 2.24) is 25.6 Å². The Morgan fingerprint density at radius 3 is 2.34 bits per heavy atom. The van der Waals surface area contributed by atoms with Crippen LogP contribution >= 0.6 is 0 Å². The first-order valence-electron chi connectivity index (χ1n) is 11.6. The normalized spacial score (nSPS) is 21.6. The summed E-state index contributed by atoms with van der Waals surface area (Å²) in [6.45, 7) is 6.88. The molecule has 0 aromatic heterocycles. The van der Waals surface area contributed by atoms with Gasteiger partial charge < -0.3 is 10.1 Å². The third-order valence-electron chi connectivity index (χ3n) is 6.58. The van der Waals surface area contributed by atoms with E-state index in [9.17, 15) is 14.4 Å². The summed E-state index contributed by atoms with van der Waals surface area (Å²) in [7, 11) is 0. The van der Waals surface area contributed by atoms with E-state index in [1.807, 2.05) is 19.1 Å². The fourth-order valence-electron chi connectivity index (χ4n) is 4.80. The molecule has 3 fully saturated rings. The number of carbonyl (C=O) groups excluding carboxylic acids is 3.